The summed E-state index contributed by atoms with van der Waals surface area (Å²) in [6.45, 7) is 1.97. The molecule has 1 amide bonds. The molecule has 1 fully saturated rings. The molecule has 30 heavy (non-hydrogen) atoms. The van der Waals surface area contributed by atoms with Gasteiger partial charge < -0.3 is 27.2 Å². The Bertz CT molecular complexity index is 972. The highest BCUT2D eigenvalue weighted by Gasteiger charge is 2.26. The van der Waals surface area contributed by atoms with Crippen LogP contribution in [0.2, 0.25) is 0 Å². The summed E-state index contributed by atoms with van der Waals surface area (Å²) in [6.07, 6.45) is 3.64. The summed E-state index contributed by atoms with van der Waals surface area (Å²) in [7, 11) is 0. The smallest absolute Gasteiger partial charge is 0.305 e. The van der Waals surface area contributed by atoms with E-state index in [0.29, 0.717) is 11.3 Å². The Labute approximate surface area is 174 Å². The number of guanidine groups is 1. The van der Waals surface area contributed by atoms with Crippen molar-refractivity contribution in [2.24, 2.45) is 16.5 Å². The van der Waals surface area contributed by atoms with Crippen molar-refractivity contribution in [2.75, 3.05) is 11.9 Å². The van der Waals surface area contributed by atoms with Gasteiger partial charge in [-0.15, -0.1) is 0 Å². The Balaban J connectivity index is 1.93. The molecule has 1 aliphatic carbocycles. The topological polar surface area (TPSA) is 169 Å². The van der Waals surface area contributed by atoms with Crippen LogP contribution in [0.15, 0.2) is 23.2 Å². The normalized spacial score (nSPS) is 18.6. The number of benzene rings is 1. The largest absolute Gasteiger partial charge is 0.481 e. The molecule has 10 heteroatoms. The Morgan fingerprint density at radius 3 is 2.73 bits per heavy atom. The first-order chi connectivity index (χ1) is 14.3. The van der Waals surface area contributed by atoms with Gasteiger partial charge in [0.15, 0.2) is 5.96 Å². The van der Waals surface area contributed by atoms with Gasteiger partial charge in [-0.3, -0.25) is 9.59 Å². The number of amides is 1. The van der Waals surface area contributed by atoms with Crippen molar-refractivity contribution in [3.05, 3.63) is 29.6 Å². The first kappa shape index (κ1) is 21.3. The zero-order chi connectivity index (χ0) is 21.7. The van der Waals surface area contributed by atoms with Crippen molar-refractivity contribution >= 4 is 34.6 Å². The average molecular weight is 413 g/mol. The summed E-state index contributed by atoms with van der Waals surface area (Å²) in [4.78, 5) is 36.3. The van der Waals surface area contributed by atoms with Crippen LogP contribution in [0.5, 0.6) is 0 Å². The SMILES string of the molecule is Cc1ccc2nc(C(=O)NCCC(=O)O)nc(NC3CCCCC3N=C(N)N)c2c1. The van der Waals surface area contributed by atoms with Gasteiger partial charge in [-0.25, -0.2) is 15.0 Å². The van der Waals surface area contributed by atoms with E-state index in [-0.39, 0.29) is 36.8 Å². The molecule has 2 atom stereocenters. The summed E-state index contributed by atoms with van der Waals surface area (Å²) in [5.74, 6) is -0.944. The van der Waals surface area contributed by atoms with Gasteiger partial charge in [-0.2, -0.15) is 0 Å². The number of carbonyl (C=O) groups excluding carboxylic acids is 1. The number of carboxylic acids is 1. The number of hydrogen-bond acceptors (Lipinski definition) is 6. The summed E-state index contributed by atoms with van der Waals surface area (Å²) in [5.41, 5.74) is 12.9. The number of aliphatic imine (C=N–C) groups is 1. The highest BCUT2D eigenvalue weighted by molar-refractivity contribution is 5.96. The minimum absolute atomic E-state index is 0.00140. The molecule has 0 saturated heterocycles. The summed E-state index contributed by atoms with van der Waals surface area (Å²) in [5, 5.41) is 15.5. The number of aryl methyl sites for hydroxylation is 1. The third-order valence-corrected chi connectivity index (χ3v) is 5.05. The number of aromatic nitrogens is 2. The number of rotatable bonds is 7. The lowest BCUT2D eigenvalue weighted by Crippen LogP contribution is -2.38. The van der Waals surface area contributed by atoms with Gasteiger partial charge in [-0.05, 0) is 31.9 Å². The van der Waals surface area contributed by atoms with E-state index in [0.717, 1.165) is 36.6 Å². The van der Waals surface area contributed by atoms with E-state index in [1.54, 1.807) is 0 Å². The van der Waals surface area contributed by atoms with Crippen molar-refractivity contribution in [3.63, 3.8) is 0 Å². The lowest BCUT2D eigenvalue weighted by Gasteiger charge is -2.30. The fourth-order valence-corrected chi connectivity index (χ4v) is 3.62. The zero-order valence-corrected chi connectivity index (χ0v) is 16.9. The van der Waals surface area contributed by atoms with E-state index in [9.17, 15) is 9.59 Å². The maximum Gasteiger partial charge on any atom is 0.305 e. The number of aliphatic carboxylic acids is 1. The highest BCUT2D eigenvalue weighted by atomic mass is 16.4. The van der Waals surface area contributed by atoms with E-state index in [2.05, 4.69) is 25.6 Å². The fourth-order valence-electron chi connectivity index (χ4n) is 3.62. The molecular formula is C20H27N7O3. The number of nitrogens with zero attached hydrogens (tertiary/aromatic N) is 3. The molecule has 3 rings (SSSR count). The van der Waals surface area contributed by atoms with Crippen LogP contribution in [0.4, 0.5) is 5.82 Å². The third kappa shape index (κ3) is 5.34. The van der Waals surface area contributed by atoms with E-state index < -0.39 is 11.9 Å². The number of carboxylic acid groups (broad SMARTS) is 1. The maximum atomic E-state index is 12.5. The van der Waals surface area contributed by atoms with Crippen LogP contribution in [0.3, 0.4) is 0 Å². The monoisotopic (exact) mass is 413 g/mol. The van der Waals surface area contributed by atoms with Crippen LogP contribution in [0.1, 0.15) is 48.3 Å². The van der Waals surface area contributed by atoms with Gasteiger partial charge in [0.05, 0.1) is 24.0 Å². The predicted octanol–water partition coefficient (Wildman–Crippen LogP) is 1.14. The number of anilines is 1. The molecule has 0 aliphatic heterocycles. The number of carbonyl (C=O) groups is 2. The second kappa shape index (κ2) is 9.38. The van der Waals surface area contributed by atoms with Crippen molar-refractivity contribution in [1.82, 2.24) is 15.3 Å². The Morgan fingerprint density at radius 1 is 1.23 bits per heavy atom. The molecule has 7 N–H and O–H groups in total. The van der Waals surface area contributed by atoms with Gasteiger partial charge in [-0.1, -0.05) is 24.5 Å². The van der Waals surface area contributed by atoms with Gasteiger partial charge in [0.1, 0.15) is 5.82 Å². The molecule has 10 nitrogen and oxygen atoms in total. The molecule has 1 aromatic carbocycles. The first-order valence-electron chi connectivity index (χ1n) is 9.97. The lowest BCUT2D eigenvalue weighted by molar-refractivity contribution is -0.136. The molecule has 160 valence electrons. The molecular weight excluding hydrogens is 386 g/mol. The molecule has 1 aliphatic rings. The third-order valence-electron chi connectivity index (χ3n) is 5.05. The van der Waals surface area contributed by atoms with Crippen LogP contribution < -0.4 is 22.1 Å². The van der Waals surface area contributed by atoms with Crippen molar-refractivity contribution in [1.29, 1.82) is 0 Å². The fraction of sp³-hybridized carbons (Fsp3) is 0.450. The minimum atomic E-state index is -0.990. The van der Waals surface area contributed by atoms with Gasteiger partial charge >= 0.3 is 5.97 Å². The van der Waals surface area contributed by atoms with E-state index >= 15 is 0 Å². The van der Waals surface area contributed by atoms with Gasteiger partial charge in [0.25, 0.3) is 5.91 Å². The Morgan fingerprint density at radius 2 is 2.00 bits per heavy atom. The van der Waals surface area contributed by atoms with E-state index in [4.69, 9.17) is 16.6 Å². The molecule has 1 aromatic heterocycles. The zero-order valence-electron chi connectivity index (χ0n) is 16.9. The molecule has 0 radical (unpaired) electrons. The Hall–Kier alpha value is -3.43. The second-order valence-corrected chi connectivity index (χ2v) is 7.47. The average Bonchev–Trinajstić information content (AvgIpc) is 2.69. The van der Waals surface area contributed by atoms with Gasteiger partial charge in [0, 0.05) is 11.9 Å². The first-order valence-corrected chi connectivity index (χ1v) is 9.97. The number of nitrogens with two attached hydrogens (primary N) is 2. The molecule has 2 aromatic rings. The van der Waals surface area contributed by atoms with Gasteiger partial charge in [0.2, 0.25) is 5.82 Å². The summed E-state index contributed by atoms with van der Waals surface area (Å²) < 4.78 is 0. The van der Waals surface area contributed by atoms with Crippen molar-refractivity contribution in [3.8, 4) is 0 Å². The second-order valence-electron chi connectivity index (χ2n) is 7.47. The van der Waals surface area contributed by atoms with Crippen LogP contribution in [0, 0.1) is 6.92 Å². The Kier molecular flexibility index (Phi) is 6.65. The van der Waals surface area contributed by atoms with E-state index in [1.165, 1.54) is 0 Å². The molecule has 0 bridgehead atoms. The number of hydrogen-bond donors (Lipinski definition) is 5. The molecule has 2 unspecified atom stereocenters. The maximum absolute atomic E-state index is 12.5. The molecule has 1 saturated carbocycles. The lowest BCUT2D eigenvalue weighted by atomic mass is 9.90. The van der Waals surface area contributed by atoms with Crippen LogP contribution in [-0.2, 0) is 4.79 Å². The van der Waals surface area contributed by atoms with Crippen molar-refractivity contribution < 1.29 is 14.7 Å². The highest BCUT2D eigenvalue weighted by Crippen LogP contribution is 2.28. The summed E-state index contributed by atoms with van der Waals surface area (Å²) >= 11 is 0. The van der Waals surface area contributed by atoms with Crippen LogP contribution >= 0.6 is 0 Å². The minimum Gasteiger partial charge on any atom is -0.481 e. The number of fused-ring (bicyclic) bond motifs is 1. The summed E-state index contributed by atoms with van der Waals surface area (Å²) in [6, 6.07) is 5.60. The molecule has 1 heterocycles. The molecule has 0 spiro atoms. The number of nitrogens with one attached hydrogen (secondary N) is 2. The van der Waals surface area contributed by atoms with E-state index in [1.807, 2.05) is 25.1 Å². The van der Waals surface area contributed by atoms with Crippen LogP contribution in [-0.4, -0.2) is 51.5 Å². The predicted molar refractivity (Wildman–Crippen MR) is 114 cm³/mol. The van der Waals surface area contributed by atoms with Crippen LogP contribution in [0.25, 0.3) is 10.9 Å². The quantitative estimate of drug-likeness (QED) is 0.332. The van der Waals surface area contributed by atoms with Crippen molar-refractivity contribution in [2.45, 2.75) is 51.1 Å². The standard InChI is InChI=1S/C20H27N7O3/c1-11-6-7-13-12(10-11)17(25-14-4-2-3-5-15(14)26-20(21)22)27-18(24-13)19(30)23-9-8-16(28)29/h6-7,10,14-15H,2-5,8-9H2,1H3,(H,23,30)(H,28,29)(H4,21,22,26)(H,24,25,27).